The van der Waals surface area contributed by atoms with E-state index in [2.05, 4.69) is 10.4 Å². The fourth-order valence-electron chi connectivity index (χ4n) is 2.58. The van der Waals surface area contributed by atoms with Gasteiger partial charge in [0.05, 0.1) is 13.2 Å². The van der Waals surface area contributed by atoms with Crippen molar-refractivity contribution in [1.29, 1.82) is 0 Å². The normalized spacial score (nSPS) is 14.8. The molecular formula is C17H21N3O3. The number of benzene rings is 1. The molecule has 2 heterocycles. The van der Waals surface area contributed by atoms with Crippen molar-refractivity contribution >= 4 is 5.91 Å². The van der Waals surface area contributed by atoms with E-state index < -0.39 is 0 Å². The Morgan fingerprint density at radius 2 is 2.17 bits per heavy atom. The van der Waals surface area contributed by atoms with Crippen molar-refractivity contribution in [3.63, 3.8) is 0 Å². The van der Waals surface area contributed by atoms with Gasteiger partial charge in [-0.1, -0.05) is 13.0 Å². The summed E-state index contributed by atoms with van der Waals surface area (Å²) < 4.78 is 13.0. The van der Waals surface area contributed by atoms with Crippen LogP contribution in [0.15, 0.2) is 36.7 Å². The van der Waals surface area contributed by atoms with Crippen LogP contribution in [0.5, 0.6) is 11.5 Å². The summed E-state index contributed by atoms with van der Waals surface area (Å²) in [6.07, 6.45) is 5.05. The van der Waals surface area contributed by atoms with Gasteiger partial charge in [0.15, 0.2) is 11.5 Å². The van der Waals surface area contributed by atoms with Crippen LogP contribution < -0.4 is 14.8 Å². The largest absolute Gasteiger partial charge is 0.490 e. The fraction of sp³-hybridized carbons (Fsp3) is 0.412. The lowest BCUT2D eigenvalue weighted by molar-refractivity contribution is -0.124. The Labute approximate surface area is 135 Å². The van der Waals surface area contributed by atoms with Gasteiger partial charge in [0.1, 0.15) is 6.04 Å². The number of fused-ring (bicyclic) bond motifs is 1. The number of carbonyl (C=O) groups excluding carboxylic acids is 1. The van der Waals surface area contributed by atoms with Crippen LogP contribution in [-0.2, 0) is 11.3 Å². The van der Waals surface area contributed by atoms with Crippen molar-refractivity contribution in [2.45, 2.75) is 32.4 Å². The molecule has 6 nitrogen and oxygen atoms in total. The minimum Gasteiger partial charge on any atom is -0.490 e. The first kappa shape index (κ1) is 15.4. The molecule has 0 saturated carbocycles. The van der Waals surface area contributed by atoms with E-state index >= 15 is 0 Å². The van der Waals surface area contributed by atoms with Gasteiger partial charge in [-0.25, -0.2) is 0 Å². The topological polar surface area (TPSA) is 65.4 Å². The third-order valence-electron chi connectivity index (χ3n) is 3.81. The van der Waals surface area contributed by atoms with Crippen LogP contribution in [0.2, 0.25) is 0 Å². The Hall–Kier alpha value is -2.50. The van der Waals surface area contributed by atoms with Crippen molar-refractivity contribution in [2.24, 2.45) is 0 Å². The number of aromatic nitrogens is 2. The first-order valence-corrected chi connectivity index (χ1v) is 7.93. The van der Waals surface area contributed by atoms with Crippen LogP contribution >= 0.6 is 0 Å². The molecule has 3 rings (SSSR count). The number of hydrogen-bond donors (Lipinski definition) is 1. The quantitative estimate of drug-likeness (QED) is 0.919. The summed E-state index contributed by atoms with van der Waals surface area (Å²) in [6, 6.07) is 7.30. The standard InChI is InChI=1S/C17H21N3O3/c1-2-14(20-8-3-7-19-20)17(21)18-12-13-5-6-15-16(11-13)23-10-4-9-22-15/h3,5-8,11,14H,2,4,9-10,12H2,1H3,(H,18,21)/t14-/m0/s1. The molecule has 6 heteroatoms. The minimum atomic E-state index is -0.287. The van der Waals surface area contributed by atoms with Crippen LogP contribution in [-0.4, -0.2) is 28.9 Å². The fourth-order valence-corrected chi connectivity index (χ4v) is 2.58. The number of ether oxygens (including phenoxy) is 2. The monoisotopic (exact) mass is 315 g/mol. The zero-order chi connectivity index (χ0) is 16.1. The van der Waals surface area contributed by atoms with Gasteiger partial charge in [0.25, 0.3) is 0 Å². The molecule has 0 unspecified atom stereocenters. The molecule has 1 aromatic heterocycles. The van der Waals surface area contributed by atoms with Crippen molar-refractivity contribution in [3.8, 4) is 11.5 Å². The Bertz CT molecular complexity index is 655. The number of rotatable bonds is 5. The van der Waals surface area contributed by atoms with Gasteiger partial charge in [0.2, 0.25) is 5.91 Å². The predicted octanol–water partition coefficient (Wildman–Crippen LogP) is 2.31. The second kappa shape index (κ2) is 7.17. The highest BCUT2D eigenvalue weighted by molar-refractivity contribution is 5.80. The van der Waals surface area contributed by atoms with Crippen molar-refractivity contribution in [2.75, 3.05) is 13.2 Å². The van der Waals surface area contributed by atoms with E-state index in [-0.39, 0.29) is 11.9 Å². The van der Waals surface area contributed by atoms with E-state index in [1.54, 1.807) is 17.1 Å². The molecule has 0 aliphatic carbocycles. The number of nitrogens with one attached hydrogen (secondary N) is 1. The Balaban J connectivity index is 1.63. The lowest BCUT2D eigenvalue weighted by Crippen LogP contribution is -2.32. The molecule has 23 heavy (non-hydrogen) atoms. The van der Waals surface area contributed by atoms with Gasteiger partial charge in [0, 0.05) is 25.4 Å². The summed E-state index contributed by atoms with van der Waals surface area (Å²) in [5.74, 6) is 1.47. The van der Waals surface area contributed by atoms with E-state index in [1.165, 1.54) is 0 Å². The van der Waals surface area contributed by atoms with Crippen molar-refractivity contribution in [1.82, 2.24) is 15.1 Å². The molecule has 0 spiro atoms. The first-order valence-electron chi connectivity index (χ1n) is 7.93. The van der Waals surface area contributed by atoms with Crippen LogP contribution in [0.25, 0.3) is 0 Å². The second-order valence-corrected chi connectivity index (χ2v) is 5.46. The number of nitrogens with zero attached hydrogens (tertiary/aromatic N) is 2. The molecule has 1 aromatic carbocycles. The highest BCUT2D eigenvalue weighted by atomic mass is 16.5. The van der Waals surface area contributed by atoms with E-state index in [1.807, 2.05) is 31.2 Å². The molecule has 2 aromatic rings. The molecule has 0 bridgehead atoms. The SMILES string of the molecule is CC[C@@H](C(=O)NCc1ccc2c(c1)OCCCO2)n1cccn1. The Morgan fingerprint density at radius 3 is 2.91 bits per heavy atom. The lowest BCUT2D eigenvalue weighted by atomic mass is 10.1. The van der Waals surface area contributed by atoms with Crippen LogP contribution in [0.1, 0.15) is 31.4 Å². The maximum Gasteiger partial charge on any atom is 0.245 e. The molecule has 1 atom stereocenters. The number of carbonyl (C=O) groups is 1. The molecular weight excluding hydrogens is 294 g/mol. The van der Waals surface area contributed by atoms with Gasteiger partial charge < -0.3 is 14.8 Å². The van der Waals surface area contributed by atoms with Gasteiger partial charge in [-0.15, -0.1) is 0 Å². The smallest absolute Gasteiger partial charge is 0.245 e. The minimum absolute atomic E-state index is 0.0386. The average molecular weight is 315 g/mol. The third-order valence-corrected chi connectivity index (χ3v) is 3.81. The van der Waals surface area contributed by atoms with Crippen molar-refractivity contribution < 1.29 is 14.3 Å². The van der Waals surface area contributed by atoms with Crippen LogP contribution in [0, 0.1) is 0 Å². The summed E-state index contributed by atoms with van der Waals surface area (Å²) in [5, 5.41) is 7.12. The van der Waals surface area contributed by atoms with E-state index in [9.17, 15) is 4.79 Å². The molecule has 1 aliphatic heterocycles. The predicted molar refractivity (Wildman–Crippen MR) is 85.5 cm³/mol. The molecule has 0 fully saturated rings. The maximum atomic E-state index is 12.4. The van der Waals surface area contributed by atoms with Gasteiger partial charge in [-0.3, -0.25) is 9.48 Å². The molecule has 1 N–H and O–H groups in total. The molecule has 0 saturated heterocycles. The average Bonchev–Trinajstić information content (AvgIpc) is 2.98. The lowest BCUT2D eigenvalue weighted by Gasteiger charge is -2.16. The zero-order valence-corrected chi connectivity index (χ0v) is 13.2. The molecule has 1 aliphatic rings. The molecule has 0 radical (unpaired) electrons. The third kappa shape index (κ3) is 3.64. The highest BCUT2D eigenvalue weighted by Gasteiger charge is 2.18. The Morgan fingerprint density at radius 1 is 1.35 bits per heavy atom. The van der Waals surface area contributed by atoms with E-state index in [4.69, 9.17) is 9.47 Å². The van der Waals surface area contributed by atoms with Crippen LogP contribution in [0.4, 0.5) is 0 Å². The number of hydrogen-bond acceptors (Lipinski definition) is 4. The van der Waals surface area contributed by atoms with Gasteiger partial charge in [-0.05, 0) is 30.2 Å². The molecule has 122 valence electrons. The second-order valence-electron chi connectivity index (χ2n) is 5.46. The first-order chi connectivity index (χ1) is 11.3. The van der Waals surface area contributed by atoms with Crippen LogP contribution in [0.3, 0.4) is 0 Å². The summed E-state index contributed by atoms with van der Waals surface area (Å²) in [6.45, 7) is 3.75. The zero-order valence-electron chi connectivity index (χ0n) is 13.2. The highest BCUT2D eigenvalue weighted by Crippen LogP contribution is 2.30. The number of amides is 1. The van der Waals surface area contributed by atoms with E-state index in [0.29, 0.717) is 26.2 Å². The summed E-state index contributed by atoms with van der Waals surface area (Å²) in [4.78, 5) is 12.4. The Kier molecular flexibility index (Phi) is 4.80. The van der Waals surface area contributed by atoms with Gasteiger partial charge in [-0.2, -0.15) is 5.10 Å². The van der Waals surface area contributed by atoms with Crippen molar-refractivity contribution in [3.05, 3.63) is 42.2 Å². The van der Waals surface area contributed by atoms with Gasteiger partial charge >= 0.3 is 0 Å². The molecule has 1 amide bonds. The summed E-state index contributed by atoms with van der Waals surface area (Å²) in [5.41, 5.74) is 0.984. The summed E-state index contributed by atoms with van der Waals surface area (Å²) >= 11 is 0. The summed E-state index contributed by atoms with van der Waals surface area (Å²) in [7, 11) is 0. The van der Waals surface area contributed by atoms with E-state index in [0.717, 1.165) is 23.5 Å². The maximum absolute atomic E-state index is 12.4.